The normalized spacial score (nSPS) is 18.1. The van der Waals surface area contributed by atoms with Crippen molar-refractivity contribution in [2.45, 2.75) is 38.3 Å². The number of amides is 1. The van der Waals surface area contributed by atoms with Crippen molar-refractivity contribution >= 4 is 44.4 Å². The van der Waals surface area contributed by atoms with Gasteiger partial charge in [0.25, 0.3) is 11.5 Å². The lowest BCUT2D eigenvalue weighted by atomic mass is 10.1. The first kappa shape index (κ1) is 29.4. The van der Waals surface area contributed by atoms with Gasteiger partial charge in [0.05, 0.1) is 11.6 Å². The maximum absolute atomic E-state index is 12.9. The predicted octanol–water partition coefficient (Wildman–Crippen LogP) is 3.80. The molecule has 1 amide bonds. The zero-order valence-corrected chi connectivity index (χ0v) is 23.9. The Morgan fingerprint density at radius 1 is 1.28 bits per heavy atom. The highest BCUT2D eigenvalue weighted by atomic mass is 79.9. The Balaban J connectivity index is 1.33. The summed E-state index contributed by atoms with van der Waals surface area (Å²) in [7, 11) is 0. The van der Waals surface area contributed by atoms with E-state index in [1.165, 1.54) is 46.8 Å². The third-order valence-corrected chi connectivity index (χ3v) is 7.19. The molecule has 3 aromatic heterocycles. The van der Waals surface area contributed by atoms with Gasteiger partial charge in [-0.15, -0.1) is 10.2 Å². The summed E-state index contributed by atoms with van der Waals surface area (Å²) in [4.78, 5) is 58.2. The Morgan fingerprint density at radius 2 is 2.05 bits per heavy atom. The molecule has 3 atom stereocenters. The fourth-order valence-electron chi connectivity index (χ4n) is 4.58. The Labute approximate surface area is 249 Å². The minimum absolute atomic E-state index is 0.0291. The van der Waals surface area contributed by atoms with E-state index in [2.05, 4.69) is 46.2 Å². The van der Waals surface area contributed by atoms with Crippen molar-refractivity contribution in [3.05, 3.63) is 95.8 Å². The SMILES string of the molecule is Cc1cn(C2CC(N=[N+]=[N-])C(COC(=O)Cn3c(O)c(N=NC(=O)c4ccncc4)c4cc(Br)ccc43)O2)c(=O)[nH]c1=O. The Kier molecular flexibility index (Phi) is 8.47. The number of azide groups is 1. The standard InChI is InChI=1S/C26H22BrN9O7/c1-13-10-36(26(41)30-23(13)38)20-9-17(31-34-28)19(43-20)12-42-21(37)11-35-18-3-2-15(27)8-16(18)22(25(35)40)32-33-24(39)14-4-6-29-7-5-14/h2-8,10,17,19-20,40H,9,11-12H2,1H3,(H,30,38,41). The lowest BCUT2D eigenvalue weighted by Gasteiger charge is -2.17. The molecule has 0 radical (unpaired) electrons. The molecule has 1 aliphatic heterocycles. The van der Waals surface area contributed by atoms with E-state index in [1.54, 1.807) is 18.2 Å². The molecular formula is C26H22BrN9O7. The molecule has 43 heavy (non-hydrogen) atoms. The van der Waals surface area contributed by atoms with Crippen LogP contribution in [0.25, 0.3) is 21.3 Å². The molecule has 16 nitrogen and oxygen atoms in total. The minimum Gasteiger partial charge on any atom is -0.493 e. The van der Waals surface area contributed by atoms with E-state index in [4.69, 9.17) is 15.0 Å². The number of halogens is 1. The number of benzene rings is 1. The maximum Gasteiger partial charge on any atom is 0.330 e. The molecule has 0 bridgehead atoms. The van der Waals surface area contributed by atoms with Gasteiger partial charge >= 0.3 is 11.7 Å². The number of rotatable bonds is 8. The van der Waals surface area contributed by atoms with Crippen LogP contribution in [0, 0.1) is 6.92 Å². The summed E-state index contributed by atoms with van der Waals surface area (Å²) in [6, 6.07) is 7.16. The van der Waals surface area contributed by atoms with Crippen molar-refractivity contribution in [2.75, 3.05) is 6.61 Å². The van der Waals surface area contributed by atoms with E-state index in [9.17, 15) is 24.3 Å². The second-order valence-corrected chi connectivity index (χ2v) is 10.4. The van der Waals surface area contributed by atoms with Gasteiger partial charge in [0, 0.05) is 50.9 Å². The van der Waals surface area contributed by atoms with Crippen LogP contribution in [0.15, 0.2) is 78.3 Å². The molecule has 0 aliphatic carbocycles. The molecule has 220 valence electrons. The van der Waals surface area contributed by atoms with Crippen LogP contribution in [0.5, 0.6) is 5.88 Å². The number of carbonyl (C=O) groups excluding carboxylic acids is 2. The molecule has 2 N–H and O–H groups in total. The van der Waals surface area contributed by atoms with Gasteiger partial charge < -0.3 is 14.6 Å². The monoisotopic (exact) mass is 651 g/mol. The number of ether oxygens (including phenoxy) is 2. The topological polar surface area (TPSA) is 219 Å². The van der Waals surface area contributed by atoms with Crippen LogP contribution < -0.4 is 11.2 Å². The largest absolute Gasteiger partial charge is 0.493 e. The van der Waals surface area contributed by atoms with Crippen LogP contribution >= 0.6 is 15.9 Å². The van der Waals surface area contributed by atoms with Crippen LogP contribution in [-0.2, 0) is 20.8 Å². The van der Waals surface area contributed by atoms with Gasteiger partial charge in [-0.25, -0.2) is 4.79 Å². The van der Waals surface area contributed by atoms with Gasteiger partial charge in [0.1, 0.15) is 25.5 Å². The van der Waals surface area contributed by atoms with Crippen LogP contribution in [-0.4, -0.2) is 54.8 Å². The first-order valence-corrected chi connectivity index (χ1v) is 13.5. The summed E-state index contributed by atoms with van der Waals surface area (Å²) < 4.78 is 14.4. The number of azo groups is 1. The lowest BCUT2D eigenvalue weighted by Crippen LogP contribution is -2.33. The smallest absolute Gasteiger partial charge is 0.330 e. The number of nitrogens with one attached hydrogen (secondary N) is 1. The van der Waals surface area contributed by atoms with Crippen LogP contribution in [0.2, 0.25) is 0 Å². The number of carbonyl (C=O) groups is 2. The Hall–Kier alpha value is -5.12. The van der Waals surface area contributed by atoms with Crippen LogP contribution in [0.1, 0.15) is 28.6 Å². The summed E-state index contributed by atoms with van der Waals surface area (Å²) in [5.41, 5.74) is 8.70. The number of aromatic nitrogens is 4. The Morgan fingerprint density at radius 3 is 2.79 bits per heavy atom. The van der Waals surface area contributed by atoms with Crippen molar-refractivity contribution in [2.24, 2.45) is 15.3 Å². The summed E-state index contributed by atoms with van der Waals surface area (Å²) in [6.07, 6.45) is 2.54. The van der Waals surface area contributed by atoms with Gasteiger partial charge in [-0.1, -0.05) is 21.0 Å². The average molecular weight is 652 g/mol. The van der Waals surface area contributed by atoms with Crippen LogP contribution in [0.3, 0.4) is 0 Å². The van der Waals surface area contributed by atoms with Gasteiger partial charge in [-0.05, 0) is 42.8 Å². The van der Waals surface area contributed by atoms with Crippen molar-refractivity contribution in [1.82, 2.24) is 19.1 Å². The number of nitrogens with zero attached hydrogens (tertiary/aromatic N) is 8. The fraction of sp³-hybridized carbons (Fsp3) is 0.269. The zero-order chi connectivity index (χ0) is 30.7. The maximum atomic E-state index is 12.9. The second-order valence-electron chi connectivity index (χ2n) is 9.46. The predicted molar refractivity (Wildman–Crippen MR) is 153 cm³/mol. The zero-order valence-electron chi connectivity index (χ0n) is 22.3. The number of H-pyrrole nitrogens is 1. The molecule has 1 fully saturated rings. The van der Waals surface area contributed by atoms with Gasteiger partial charge in [-0.2, -0.15) is 0 Å². The summed E-state index contributed by atoms with van der Waals surface area (Å²) in [5.74, 6) is -1.84. The number of aryl methyl sites for hydroxylation is 1. The van der Waals surface area contributed by atoms with E-state index in [0.717, 1.165) is 0 Å². The molecule has 1 saturated heterocycles. The first-order valence-electron chi connectivity index (χ1n) is 12.7. The number of aromatic hydroxyl groups is 1. The molecule has 3 unspecified atom stereocenters. The highest BCUT2D eigenvalue weighted by Crippen LogP contribution is 2.40. The molecule has 4 aromatic rings. The number of aromatic amines is 1. The molecule has 4 heterocycles. The molecule has 5 rings (SSSR count). The highest BCUT2D eigenvalue weighted by Gasteiger charge is 2.37. The molecule has 17 heteroatoms. The number of pyridine rings is 1. The van der Waals surface area contributed by atoms with Gasteiger partial charge in [-0.3, -0.25) is 33.5 Å². The lowest BCUT2D eigenvalue weighted by molar-refractivity contribution is -0.149. The molecule has 1 aromatic carbocycles. The third kappa shape index (κ3) is 6.23. The van der Waals surface area contributed by atoms with E-state index >= 15 is 0 Å². The van der Waals surface area contributed by atoms with E-state index in [-0.39, 0.29) is 29.8 Å². The summed E-state index contributed by atoms with van der Waals surface area (Å²) in [6.45, 7) is 0.756. The molecule has 0 saturated carbocycles. The number of hydrogen-bond acceptors (Lipinski definition) is 10. The Bertz CT molecular complexity index is 1910. The number of hydrogen-bond donors (Lipinski definition) is 2. The fourth-order valence-corrected chi connectivity index (χ4v) is 4.94. The van der Waals surface area contributed by atoms with Crippen molar-refractivity contribution < 1.29 is 24.2 Å². The second kappa shape index (κ2) is 12.4. The quantitative estimate of drug-likeness (QED) is 0.123. The van der Waals surface area contributed by atoms with Crippen molar-refractivity contribution in [3.63, 3.8) is 0 Å². The molecule has 0 spiro atoms. The summed E-state index contributed by atoms with van der Waals surface area (Å²) >= 11 is 3.37. The first-order chi connectivity index (χ1) is 20.7. The van der Waals surface area contributed by atoms with Crippen molar-refractivity contribution in [1.29, 1.82) is 0 Å². The number of fused-ring (bicyclic) bond motifs is 1. The van der Waals surface area contributed by atoms with Gasteiger partial charge in [0.15, 0.2) is 5.69 Å². The van der Waals surface area contributed by atoms with E-state index < -0.39 is 53.9 Å². The minimum atomic E-state index is -0.890. The number of esters is 1. The van der Waals surface area contributed by atoms with Crippen LogP contribution in [0.4, 0.5) is 5.69 Å². The van der Waals surface area contributed by atoms with Gasteiger partial charge in [0.2, 0.25) is 5.88 Å². The van der Waals surface area contributed by atoms with Crippen molar-refractivity contribution in [3.8, 4) is 5.88 Å². The van der Waals surface area contributed by atoms with E-state index in [0.29, 0.717) is 15.4 Å². The molecule has 1 aliphatic rings. The summed E-state index contributed by atoms with van der Waals surface area (Å²) in [5, 5.41) is 22.8. The molecular weight excluding hydrogens is 630 g/mol. The highest BCUT2D eigenvalue weighted by molar-refractivity contribution is 9.10. The average Bonchev–Trinajstić information content (AvgIpc) is 3.50. The third-order valence-electron chi connectivity index (χ3n) is 6.70. The van der Waals surface area contributed by atoms with E-state index in [1.807, 2.05) is 0 Å².